The number of nitriles is 1. The minimum absolute atomic E-state index is 0.279. The molecule has 0 radical (unpaired) electrons. The summed E-state index contributed by atoms with van der Waals surface area (Å²) in [6, 6.07) is 14.6. The summed E-state index contributed by atoms with van der Waals surface area (Å²) in [7, 11) is 0. The first kappa shape index (κ1) is 19.5. The highest BCUT2D eigenvalue weighted by atomic mass is 16.3. The lowest BCUT2D eigenvalue weighted by molar-refractivity contribution is 0.0410. The molecule has 1 aliphatic carbocycles. The third-order valence-electron chi connectivity index (χ3n) is 5.69. The second kappa shape index (κ2) is 7.08. The third-order valence-corrected chi connectivity index (χ3v) is 5.69. The van der Waals surface area contributed by atoms with E-state index >= 15 is 0 Å². The first-order valence-electron chi connectivity index (χ1n) is 10.4. The van der Waals surface area contributed by atoms with Crippen LogP contribution < -0.4 is 10.7 Å². The van der Waals surface area contributed by atoms with E-state index in [0.717, 1.165) is 40.9 Å². The van der Waals surface area contributed by atoms with Gasteiger partial charge in [-0.1, -0.05) is 24.3 Å². The summed E-state index contributed by atoms with van der Waals surface area (Å²) in [6.07, 6.45) is 5.68. The Hall–Kier alpha value is -3.41. The van der Waals surface area contributed by atoms with E-state index in [-0.39, 0.29) is 5.41 Å². The SMILES string of the molecule is CC(C)(O)CN1C=C(Nc2nc3c(-c4ccc(C5(C#N)CC5)cc4)cccn3n2)CN1. The molecule has 8 heteroatoms. The Balaban J connectivity index is 1.39. The molecule has 158 valence electrons. The van der Waals surface area contributed by atoms with Crippen LogP contribution in [0.1, 0.15) is 32.3 Å². The van der Waals surface area contributed by atoms with Crippen molar-refractivity contribution in [3.05, 3.63) is 60.1 Å². The third kappa shape index (κ3) is 3.85. The molecule has 5 rings (SSSR count). The molecule has 1 aromatic carbocycles. The number of pyridine rings is 1. The van der Waals surface area contributed by atoms with Crippen LogP contribution in [0, 0.1) is 11.3 Å². The van der Waals surface area contributed by atoms with Crippen molar-refractivity contribution in [1.29, 1.82) is 5.26 Å². The smallest absolute Gasteiger partial charge is 0.247 e. The van der Waals surface area contributed by atoms with Gasteiger partial charge in [-0.05, 0) is 49.9 Å². The number of fused-ring (bicyclic) bond motifs is 1. The molecule has 2 aliphatic rings. The van der Waals surface area contributed by atoms with E-state index in [4.69, 9.17) is 4.98 Å². The van der Waals surface area contributed by atoms with Crippen LogP contribution in [-0.2, 0) is 5.41 Å². The molecule has 31 heavy (non-hydrogen) atoms. The van der Waals surface area contributed by atoms with Crippen LogP contribution in [0.5, 0.6) is 0 Å². The number of hydrogen-bond donors (Lipinski definition) is 3. The number of hydrazine groups is 1. The van der Waals surface area contributed by atoms with Crippen LogP contribution in [-0.4, -0.2) is 43.4 Å². The van der Waals surface area contributed by atoms with Crippen molar-refractivity contribution < 1.29 is 5.11 Å². The highest BCUT2D eigenvalue weighted by Gasteiger charge is 2.44. The number of β-amino-alcohol motifs (C(OH)–C–C–N with tert-alkyl or cyclic N) is 1. The van der Waals surface area contributed by atoms with Gasteiger partial charge in [0.15, 0.2) is 5.65 Å². The van der Waals surface area contributed by atoms with Gasteiger partial charge in [0.25, 0.3) is 0 Å². The summed E-state index contributed by atoms with van der Waals surface area (Å²) in [5.41, 5.74) is 6.95. The Morgan fingerprint density at radius 1 is 1.26 bits per heavy atom. The van der Waals surface area contributed by atoms with Crippen LogP contribution in [0.25, 0.3) is 16.8 Å². The van der Waals surface area contributed by atoms with E-state index in [1.807, 2.05) is 29.5 Å². The van der Waals surface area contributed by atoms with Crippen molar-refractivity contribution in [1.82, 2.24) is 25.0 Å². The maximum absolute atomic E-state index is 9.99. The van der Waals surface area contributed by atoms with Gasteiger partial charge in [-0.25, -0.2) is 9.94 Å². The lowest BCUT2D eigenvalue weighted by Crippen LogP contribution is -2.40. The van der Waals surface area contributed by atoms with Crippen molar-refractivity contribution in [2.75, 3.05) is 18.4 Å². The fourth-order valence-corrected chi connectivity index (χ4v) is 3.95. The molecule has 0 unspecified atom stereocenters. The Morgan fingerprint density at radius 3 is 2.71 bits per heavy atom. The second-order valence-corrected chi connectivity index (χ2v) is 8.95. The van der Waals surface area contributed by atoms with E-state index in [1.54, 1.807) is 18.4 Å². The normalized spacial score (nSPS) is 17.5. The van der Waals surface area contributed by atoms with Crippen molar-refractivity contribution in [2.45, 2.75) is 37.7 Å². The maximum atomic E-state index is 9.99. The van der Waals surface area contributed by atoms with Gasteiger partial charge in [0, 0.05) is 18.0 Å². The molecule has 0 atom stereocenters. The number of aromatic nitrogens is 3. The van der Waals surface area contributed by atoms with Gasteiger partial charge >= 0.3 is 0 Å². The molecule has 0 spiro atoms. The molecule has 3 aromatic rings. The summed E-state index contributed by atoms with van der Waals surface area (Å²) in [5.74, 6) is 0.517. The van der Waals surface area contributed by atoms with Gasteiger partial charge < -0.3 is 15.4 Å². The van der Waals surface area contributed by atoms with Crippen molar-refractivity contribution >= 4 is 11.6 Å². The number of rotatable bonds is 6. The van der Waals surface area contributed by atoms with Gasteiger partial charge in [-0.2, -0.15) is 10.2 Å². The fraction of sp³-hybridized carbons (Fsp3) is 0.348. The largest absolute Gasteiger partial charge is 0.389 e. The summed E-state index contributed by atoms with van der Waals surface area (Å²) in [5, 5.41) is 29.1. The minimum atomic E-state index is -0.795. The van der Waals surface area contributed by atoms with Crippen LogP contribution in [0.15, 0.2) is 54.5 Å². The molecular formula is C23H25N7O. The Kier molecular flexibility index (Phi) is 4.46. The van der Waals surface area contributed by atoms with Gasteiger partial charge in [-0.3, -0.25) is 0 Å². The number of hydrogen-bond acceptors (Lipinski definition) is 7. The zero-order valence-corrected chi connectivity index (χ0v) is 17.6. The van der Waals surface area contributed by atoms with Gasteiger partial charge in [0.1, 0.15) is 0 Å². The monoisotopic (exact) mass is 415 g/mol. The molecule has 8 nitrogen and oxygen atoms in total. The minimum Gasteiger partial charge on any atom is -0.389 e. The topological polar surface area (TPSA) is 102 Å². The number of nitrogens with zero attached hydrogens (tertiary/aromatic N) is 5. The second-order valence-electron chi connectivity index (χ2n) is 8.95. The average molecular weight is 416 g/mol. The van der Waals surface area contributed by atoms with Crippen molar-refractivity contribution in [3.63, 3.8) is 0 Å². The molecule has 1 saturated carbocycles. The van der Waals surface area contributed by atoms with Gasteiger partial charge in [-0.15, -0.1) is 5.10 Å². The molecule has 0 saturated heterocycles. The molecule has 0 bridgehead atoms. The molecule has 0 amide bonds. The highest BCUT2D eigenvalue weighted by molar-refractivity contribution is 5.78. The zero-order valence-electron chi connectivity index (χ0n) is 17.6. The van der Waals surface area contributed by atoms with Crippen LogP contribution in [0.3, 0.4) is 0 Å². The van der Waals surface area contributed by atoms with Crippen LogP contribution in [0.2, 0.25) is 0 Å². The van der Waals surface area contributed by atoms with Gasteiger partial charge in [0.05, 0.1) is 35.9 Å². The molecule has 1 aliphatic heterocycles. The number of aliphatic hydroxyl groups is 1. The quantitative estimate of drug-likeness (QED) is 0.569. The highest BCUT2D eigenvalue weighted by Crippen LogP contribution is 2.47. The first-order valence-corrected chi connectivity index (χ1v) is 10.4. The van der Waals surface area contributed by atoms with Crippen molar-refractivity contribution in [2.24, 2.45) is 0 Å². The summed E-state index contributed by atoms with van der Waals surface area (Å²) < 4.78 is 1.76. The van der Waals surface area contributed by atoms with Crippen molar-refractivity contribution in [3.8, 4) is 17.2 Å². The van der Waals surface area contributed by atoms with E-state index in [0.29, 0.717) is 19.0 Å². The van der Waals surface area contributed by atoms with E-state index in [2.05, 4.69) is 46.2 Å². The van der Waals surface area contributed by atoms with E-state index in [9.17, 15) is 10.4 Å². The lowest BCUT2D eigenvalue weighted by atomic mass is 9.95. The molecule has 3 N–H and O–H groups in total. The van der Waals surface area contributed by atoms with E-state index < -0.39 is 5.60 Å². The Morgan fingerprint density at radius 2 is 2.03 bits per heavy atom. The zero-order chi connectivity index (χ0) is 21.6. The van der Waals surface area contributed by atoms with E-state index in [1.165, 1.54) is 0 Å². The molecule has 1 fully saturated rings. The fourth-order valence-electron chi connectivity index (χ4n) is 3.95. The lowest BCUT2D eigenvalue weighted by Gasteiger charge is -2.24. The number of benzene rings is 1. The average Bonchev–Trinajstić information content (AvgIpc) is 3.25. The van der Waals surface area contributed by atoms with Crippen LogP contribution >= 0.6 is 0 Å². The molecule has 2 aromatic heterocycles. The standard InChI is InChI=1S/C23H25N7O/c1-22(2,31)15-29-13-18(12-25-29)26-21-27-20-19(4-3-11-30(20)28-21)16-5-7-17(8-6-16)23(14-24)9-10-23/h3-8,11,13,25,31H,9-10,12,15H2,1-2H3,(H,26,28). The molecule has 3 heterocycles. The summed E-state index contributed by atoms with van der Waals surface area (Å²) in [4.78, 5) is 4.70. The van der Waals surface area contributed by atoms with Crippen LogP contribution in [0.4, 0.5) is 5.95 Å². The first-order chi connectivity index (χ1) is 14.9. The summed E-state index contributed by atoms with van der Waals surface area (Å²) >= 11 is 0. The predicted molar refractivity (Wildman–Crippen MR) is 118 cm³/mol. The Labute approximate surface area is 180 Å². The Bertz CT molecular complexity index is 1190. The van der Waals surface area contributed by atoms with Gasteiger partial charge in [0.2, 0.25) is 5.95 Å². The number of anilines is 1. The number of nitrogens with one attached hydrogen (secondary N) is 2. The summed E-state index contributed by atoms with van der Waals surface area (Å²) in [6.45, 7) is 4.64. The molecular weight excluding hydrogens is 390 g/mol. The predicted octanol–water partition coefficient (Wildman–Crippen LogP) is 2.80. The maximum Gasteiger partial charge on any atom is 0.247 e.